The smallest absolute Gasteiger partial charge is 0.251 e. The third kappa shape index (κ3) is 9.20. The van der Waals surface area contributed by atoms with Gasteiger partial charge < -0.3 is 20.5 Å². The zero-order valence-corrected chi connectivity index (χ0v) is 21.2. The van der Waals surface area contributed by atoms with Crippen molar-refractivity contribution < 1.29 is 4.79 Å². The molecule has 3 rings (SSSR count). The molecule has 1 aliphatic heterocycles. The largest absolute Gasteiger partial charge is 0.352 e. The van der Waals surface area contributed by atoms with Crippen molar-refractivity contribution in [3.63, 3.8) is 0 Å². The van der Waals surface area contributed by atoms with Crippen molar-refractivity contribution in [2.75, 3.05) is 39.3 Å². The van der Waals surface area contributed by atoms with Gasteiger partial charge in [-0.2, -0.15) is 0 Å². The zero-order valence-electron chi connectivity index (χ0n) is 21.2. The van der Waals surface area contributed by atoms with E-state index in [0.717, 1.165) is 63.5 Å². The van der Waals surface area contributed by atoms with Crippen LogP contribution in [-0.2, 0) is 13.1 Å². The number of hydrogen-bond donors (Lipinski definition) is 3. The maximum Gasteiger partial charge on any atom is 0.251 e. The van der Waals surface area contributed by atoms with Gasteiger partial charge >= 0.3 is 0 Å². The molecule has 0 radical (unpaired) electrons. The lowest BCUT2D eigenvalue weighted by molar-refractivity contribution is 0.0952. The monoisotopic (exact) mass is 468 g/mol. The second kappa shape index (κ2) is 14.9. The molecule has 1 saturated heterocycles. The van der Waals surface area contributed by atoms with Gasteiger partial charge in [-0.3, -0.25) is 9.69 Å². The third-order valence-corrected chi connectivity index (χ3v) is 6.46. The molecule has 188 valence electrons. The normalized spacial score (nSPS) is 15.9. The number of benzene rings is 1. The van der Waals surface area contributed by atoms with Crippen molar-refractivity contribution in [1.82, 2.24) is 30.4 Å². The van der Waals surface area contributed by atoms with Gasteiger partial charge in [-0.25, -0.2) is 4.98 Å². The molecule has 0 saturated carbocycles. The van der Waals surface area contributed by atoms with E-state index >= 15 is 0 Å². The fourth-order valence-corrected chi connectivity index (χ4v) is 4.76. The van der Waals surface area contributed by atoms with E-state index in [9.17, 15) is 4.79 Å². The first kappa shape index (κ1) is 26.4. The van der Waals surface area contributed by atoms with Crippen LogP contribution in [0.1, 0.15) is 74.1 Å². The molecule has 1 aromatic heterocycles. The van der Waals surface area contributed by atoms with E-state index < -0.39 is 0 Å². The average Bonchev–Trinajstić information content (AvgIpc) is 3.54. The van der Waals surface area contributed by atoms with Crippen LogP contribution in [0.25, 0.3) is 0 Å². The minimum Gasteiger partial charge on any atom is -0.352 e. The first-order valence-corrected chi connectivity index (χ1v) is 13.2. The molecule has 1 aromatic carbocycles. The summed E-state index contributed by atoms with van der Waals surface area (Å²) in [5.74, 6) is 1.01. The number of aromatic nitrogens is 2. The standard InChI is InChI=1S/C27H44N6O/c1-3-17-32(18-4-2)19-6-5-13-31-27(34)24-11-9-23(10-12-24)20-33(21-25-8-7-14-28-25)22-26-29-15-16-30-26/h9-12,15-16,25,28H,3-8,13-14,17-22H2,1-2H3,(H,29,30)(H,31,34). The van der Waals surface area contributed by atoms with E-state index in [-0.39, 0.29) is 5.91 Å². The molecule has 1 fully saturated rings. The maximum atomic E-state index is 12.6. The lowest BCUT2D eigenvalue weighted by Crippen LogP contribution is -2.37. The van der Waals surface area contributed by atoms with E-state index in [1.807, 2.05) is 18.3 Å². The summed E-state index contributed by atoms with van der Waals surface area (Å²) in [6.45, 7) is 12.4. The van der Waals surface area contributed by atoms with E-state index in [0.29, 0.717) is 6.04 Å². The minimum absolute atomic E-state index is 0.0214. The SMILES string of the molecule is CCCN(CCC)CCCCNC(=O)c1ccc(CN(Cc2ncc[nH]2)CC2CCCN2)cc1. The summed E-state index contributed by atoms with van der Waals surface area (Å²) in [5.41, 5.74) is 1.95. The van der Waals surface area contributed by atoms with Crippen LogP contribution < -0.4 is 10.6 Å². The summed E-state index contributed by atoms with van der Waals surface area (Å²) in [5, 5.41) is 6.68. The predicted molar refractivity (Wildman–Crippen MR) is 139 cm³/mol. The Labute approximate surface area is 205 Å². The molecule has 1 atom stereocenters. The number of hydrogen-bond acceptors (Lipinski definition) is 5. The highest BCUT2D eigenvalue weighted by Crippen LogP contribution is 2.14. The second-order valence-electron chi connectivity index (χ2n) is 9.50. The second-order valence-corrected chi connectivity index (χ2v) is 9.50. The Kier molecular flexibility index (Phi) is 11.6. The van der Waals surface area contributed by atoms with Crippen LogP contribution in [0.3, 0.4) is 0 Å². The van der Waals surface area contributed by atoms with E-state index in [4.69, 9.17) is 0 Å². The number of H-pyrrole nitrogens is 1. The number of nitrogens with one attached hydrogen (secondary N) is 3. The molecule has 34 heavy (non-hydrogen) atoms. The molecule has 1 unspecified atom stereocenters. The number of carbonyl (C=O) groups excluding carboxylic acids is 1. The molecule has 0 spiro atoms. The van der Waals surface area contributed by atoms with E-state index in [1.165, 1.54) is 44.3 Å². The van der Waals surface area contributed by atoms with Gasteiger partial charge in [-0.05, 0) is 82.4 Å². The summed E-state index contributed by atoms with van der Waals surface area (Å²) in [4.78, 5) is 25.1. The Morgan fingerprint density at radius 2 is 1.85 bits per heavy atom. The molecule has 1 amide bonds. The number of amides is 1. The molecule has 2 aromatic rings. The Balaban J connectivity index is 1.43. The first-order chi connectivity index (χ1) is 16.7. The van der Waals surface area contributed by atoms with Gasteiger partial charge in [0.1, 0.15) is 5.82 Å². The Morgan fingerprint density at radius 3 is 2.50 bits per heavy atom. The highest BCUT2D eigenvalue weighted by atomic mass is 16.1. The number of nitrogens with zero attached hydrogens (tertiary/aromatic N) is 3. The number of imidazole rings is 1. The molecular weight excluding hydrogens is 424 g/mol. The van der Waals surface area contributed by atoms with Gasteiger partial charge in [0.2, 0.25) is 0 Å². The Bertz CT molecular complexity index is 795. The molecule has 7 nitrogen and oxygen atoms in total. The molecule has 1 aliphatic rings. The Hall–Kier alpha value is -2.22. The predicted octanol–water partition coefficient (Wildman–Crippen LogP) is 3.80. The first-order valence-electron chi connectivity index (χ1n) is 13.2. The minimum atomic E-state index is 0.0214. The van der Waals surface area contributed by atoms with Crippen LogP contribution in [0.2, 0.25) is 0 Å². The molecule has 0 bridgehead atoms. The van der Waals surface area contributed by atoms with E-state index in [2.05, 4.69) is 56.4 Å². The third-order valence-electron chi connectivity index (χ3n) is 6.46. The van der Waals surface area contributed by atoms with Crippen molar-refractivity contribution in [3.05, 3.63) is 53.6 Å². The summed E-state index contributed by atoms with van der Waals surface area (Å²) in [7, 11) is 0. The van der Waals surface area contributed by atoms with Gasteiger partial charge in [-0.15, -0.1) is 0 Å². The summed E-state index contributed by atoms with van der Waals surface area (Å²) in [6.07, 6.45) is 10.7. The lowest BCUT2D eigenvalue weighted by atomic mass is 10.1. The molecule has 3 N–H and O–H groups in total. The van der Waals surface area contributed by atoms with Crippen molar-refractivity contribution in [2.45, 2.75) is 71.5 Å². The van der Waals surface area contributed by atoms with Crippen LogP contribution in [0.5, 0.6) is 0 Å². The number of carbonyl (C=O) groups is 1. The number of rotatable bonds is 16. The van der Waals surface area contributed by atoms with Gasteiger partial charge in [0.15, 0.2) is 0 Å². The van der Waals surface area contributed by atoms with Gasteiger partial charge in [0, 0.05) is 43.6 Å². The number of aromatic amines is 1. The quantitative estimate of drug-likeness (QED) is 0.327. The topological polar surface area (TPSA) is 76.3 Å². The molecule has 0 aliphatic carbocycles. The molecule has 2 heterocycles. The maximum absolute atomic E-state index is 12.6. The molecule has 7 heteroatoms. The van der Waals surface area contributed by atoms with Crippen molar-refractivity contribution >= 4 is 5.91 Å². The highest BCUT2D eigenvalue weighted by Gasteiger charge is 2.19. The van der Waals surface area contributed by atoms with Gasteiger partial charge in [0.25, 0.3) is 5.91 Å². The fraction of sp³-hybridized carbons (Fsp3) is 0.630. The molecular formula is C27H44N6O. The summed E-state index contributed by atoms with van der Waals surface area (Å²) in [6, 6.07) is 8.61. The van der Waals surface area contributed by atoms with Crippen LogP contribution in [-0.4, -0.2) is 71.0 Å². The van der Waals surface area contributed by atoms with Crippen LogP contribution in [0.15, 0.2) is 36.7 Å². The lowest BCUT2D eigenvalue weighted by Gasteiger charge is -2.25. The fourth-order valence-electron chi connectivity index (χ4n) is 4.76. The van der Waals surface area contributed by atoms with Crippen LogP contribution in [0.4, 0.5) is 0 Å². The van der Waals surface area contributed by atoms with Crippen LogP contribution in [0, 0.1) is 0 Å². The van der Waals surface area contributed by atoms with Crippen LogP contribution >= 0.6 is 0 Å². The summed E-state index contributed by atoms with van der Waals surface area (Å²) < 4.78 is 0. The summed E-state index contributed by atoms with van der Waals surface area (Å²) >= 11 is 0. The van der Waals surface area contributed by atoms with Crippen molar-refractivity contribution in [3.8, 4) is 0 Å². The van der Waals surface area contributed by atoms with Crippen molar-refractivity contribution in [1.29, 1.82) is 0 Å². The average molecular weight is 469 g/mol. The van der Waals surface area contributed by atoms with Gasteiger partial charge in [0.05, 0.1) is 6.54 Å². The van der Waals surface area contributed by atoms with Crippen molar-refractivity contribution in [2.24, 2.45) is 0 Å². The number of unbranched alkanes of at least 4 members (excludes halogenated alkanes) is 1. The highest BCUT2D eigenvalue weighted by molar-refractivity contribution is 5.94. The van der Waals surface area contributed by atoms with E-state index in [1.54, 1.807) is 6.20 Å². The van der Waals surface area contributed by atoms with Gasteiger partial charge in [-0.1, -0.05) is 26.0 Å². The zero-order chi connectivity index (χ0) is 24.0. The Morgan fingerprint density at radius 1 is 1.06 bits per heavy atom.